The van der Waals surface area contributed by atoms with Crippen LogP contribution in [0.15, 0.2) is 65.8 Å². The van der Waals surface area contributed by atoms with Gasteiger partial charge in [-0.05, 0) is 29.1 Å². The fraction of sp³-hybridized carbons (Fsp3) is 0.150. The number of rotatable bonds is 4. The van der Waals surface area contributed by atoms with Gasteiger partial charge >= 0.3 is 0 Å². The molecule has 0 saturated carbocycles. The Balaban J connectivity index is 1.84. The van der Waals surface area contributed by atoms with Gasteiger partial charge in [0.1, 0.15) is 23.5 Å². The van der Waals surface area contributed by atoms with E-state index >= 15 is 0 Å². The Labute approximate surface area is 153 Å². The Morgan fingerprint density at radius 2 is 2.08 bits per heavy atom. The number of aromatic nitrogens is 1. The van der Waals surface area contributed by atoms with Crippen molar-refractivity contribution in [1.29, 1.82) is 0 Å². The smallest absolute Gasteiger partial charge is 0.139 e. The molecule has 3 aromatic rings. The number of pyridine rings is 1. The van der Waals surface area contributed by atoms with Crippen molar-refractivity contribution in [1.82, 2.24) is 4.98 Å². The molecular weight excluding hydrogens is 356 g/mol. The van der Waals surface area contributed by atoms with E-state index in [0.29, 0.717) is 22.5 Å². The van der Waals surface area contributed by atoms with Gasteiger partial charge in [-0.3, -0.25) is 4.98 Å². The van der Waals surface area contributed by atoms with Crippen LogP contribution in [0.5, 0.6) is 0 Å². The molecule has 3 heterocycles. The van der Waals surface area contributed by atoms with E-state index in [1.807, 2.05) is 17.5 Å². The van der Waals surface area contributed by atoms with Crippen LogP contribution < -0.4 is 0 Å². The van der Waals surface area contributed by atoms with Crippen molar-refractivity contribution >= 4 is 17.1 Å². The largest absolute Gasteiger partial charge is 0.491 e. The first kappa shape index (κ1) is 16.9. The van der Waals surface area contributed by atoms with Crippen molar-refractivity contribution in [3.8, 4) is 0 Å². The zero-order valence-corrected chi connectivity index (χ0v) is 14.4. The molecule has 0 amide bonds. The standard InChI is InChI=1S/C20H15F2NO2S/c21-13-5-6-14(16(22)9-13)15-11-25-20(17-4-2-8-26-17)18(15)19(24)12-3-1-7-23-10-12/h1-10,15,19,24H,11H2. The lowest BCUT2D eigenvalue weighted by molar-refractivity contribution is 0.209. The van der Waals surface area contributed by atoms with E-state index in [1.54, 1.807) is 24.5 Å². The molecule has 1 aliphatic heterocycles. The fourth-order valence-electron chi connectivity index (χ4n) is 3.19. The molecule has 0 fully saturated rings. The van der Waals surface area contributed by atoms with Crippen LogP contribution in [0.2, 0.25) is 0 Å². The summed E-state index contributed by atoms with van der Waals surface area (Å²) >= 11 is 1.48. The average molecular weight is 371 g/mol. The third-order valence-electron chi connectivity index (χ3n) is 4.41. The van der Waals surface area contributed by atoms with Crippen molar-refractivity contribution in [3.63, 3.8) is 0 Å². The highest BCUT2D eigenvalue weighted by atomic mass is 32.1. The lowest BCUT2D eigenvalue weighted by Gasteiger charge is -2.19. The van der Waals surface area contributed by atoms with Crippen LogP contribution in [0.25, 0.3) is 5.76 Å². The second-order valence-electron chi connectivity index (χ2n) is 5.98. The van der Waals surface area contributed by atoms with Crippen LogP contribution in [-0.2, 0) is 4.74 Å². The van der Waals surface area contributed by atoms with Crippen molar-refractivity contribution in [2.45, 2.75) is 12.0 Å². The Bertz CT molecular complexity index is 942. The Morgan fingerprint density at radius 1 is 1.19 bits per heavy atom. The molecule has 1 N–H and O–H groups in total. The summed E-state index contributed by atoms with van der Waals surface area (Å²) in [7, 11) is 0. The van der Waals surface area contributed by atoms with Gasteiger partial charge in [0.25, 0.3) is 0 Å². The predicted molar refractivity (Wildman–Crippen MR) is 95.5 cm³/mol. The molecule has 0 saturated heterocycles. The third-order valence-corrected chi connectivity index (χ3v) is 5.28. The van der Waals surface area contributed by atoms with E-state index < -0.39 is 23.7 Å². The van der Waals surface area contributed by atoms with Crippen LogP contribution in [-0.4, -0.2) is 16.7 Å². The number of halogens is 2. The van der Waals surface area contributed by atoms with Crippen LogP contribution in [0.4, 0.5) is 8.78 Å². The van der Waals surface area contributed by atoms with E-state index in [1.165, 1.54) is 23.5 Å². The molecule has 0 aliphatic carbocycles. The number of hydrogen-bond acceptors (Lipinski definition) is 4. The molecule has 1 aliphatic rings. The molecule has 0 bridgehead atoms. The summed E-state index contributed by atoms with van der Waals surface area (Å²) in [6, 6.07) is 10.7. The van der Waals surface area contributed by atoms with Gasteiger partial charge in [0.05, 0.1) is 11.5 Å². The topological polar surface area (TPSA) is 42.4 Å². The second-order valence-corrected chi connectivity index (χ2v) is 6.93. The number of nitrogens with zero attached hydrogens (tertiary/aromatic N) is 1. The Hall–Kier alpha value is -2.57. The highest BCUT2D eigenvalue weighted by Gasteiger charge is 2.36. The van der Waals surface area contributed by atoms with Crippen LogP contribution in [0.1, 0.15) is 28.0 Å². The minimum atomic E-state index is -1.00. The van der Waals surface area contributed by atoms with Gasteiger partial charge in [-0.15, -0.1) is 11.3 Å². The lowest BCUT2D eigenvalue weighted by Crippen LogP contribution is -2.12. The summed E-state index contributed by atoms with van der Waals surface area (Å²) < 4.78 is 33.6. The Morgan fingerprint density at radius 3 is 2.77 bits per heavy atom. The highest BCUT2D eigenvalue weighted by Crippen LogP contribution is 2.46. The number of thiophene rings is 1. The van der Waals surface area contributed by atoms with E-state index in [2.05, 4.69) is 4.98 Å². The van der Waals surface area contributed by atoms with Crippen molar-refractivity contribution in [2.75, 3.05) is 6.61 Å². The monoisotopic (exact) mass is 371 g/mol. The molecule has 3 nitrogen and oxygen atoms in total. The molecule has 132 valence electrons. The molecule has 4 rings (SSSR count). The first-order valence-corrected chi connectivity index (χ1v) is 8.97. The summed E-state index contributed by atoms with van der Waals surface area (Å²) in [4.78, 5) is 4.90. The first-order chi connectivity index (χ1) is 12.6. The summed E-state index contributed by atoms with van der Waals surface area (Å²) in [6.07, 6.45) is 2.19. The summed E-state index contributed by atoms with van der Waals surface area (Å²) in [5.74, 6) is -1.25. The van der Waals surface area contributed by atoms with Gasteiger partial charge in [-0.1, -0.05) is 18.2 Å². The fourth-order valence-corrected chi connectivity index (χ4v) is 3.94. The number of benzene rings is 1. The summed E-state index contributed by atoms with van der Waals surface area (Å²) in [5.41, 5.74) is 1.46. The van der Waals surface area contributed by atoms with Crippen molar-refractivity contribution in [2.24, 2.45) is 0 Å². The van der Waals surface area contributed by atoms with E-state index in [0.717, 1.165) is 10.9 Å². The maximum absolute atomic E-state index is 14.4. The zero-order chi connectivity index (χ0) is 18.1. The second kappa shape index (κ2) is 6.97. The number of ether oxygens (including phenoxy) is 1. The zero-order valence-electron chi connectivity index (χ0n) is 13.6. The van der Waals surface area contributed by atoms with Crippen LogP contribution in [0.3, 0.4) is 0 Å². The van der Waals surface area contributed by atoms with E-state index in [4.69, 9.17) is 4.74 Å². The Kier molecular flexibility index (Phi) is 4.53. The van der Waals surface area contributed by atoms with Gasteiger partial charge in [0.2, 0.25) is 0 Å². The maximum Gasteiger partial charge on any atom is 0.139 e. The molecule has 1 aromatic carbocycles. The van der Waals surface area contributed by atoms with Crippen LogP contribution >= 0.6 is 11.3 Å². The summed E-state index contributed by atoms with van der Waals surface area (Å²) in [6.45, 7) is 0.183. The number of hydrogen-bond donors (Lipinski definition) is 1. The van der Waals surface area contributed by atoms with E-state index in [9.17, 15) is 13.9 Å². The number of aliphatic hydroxyl groups is 1. The average Bonchev–Trinajstić information content (AvgIpc) is 3.31. The van der Waals surface area contributed by atoms with Crippen LogP contribution in [0, 0.1) is 11.6 Å². The van der Waals surface area contributed by atoms with Crippen molar-refractivity contribution in [3.05, 3.63) is 93.4 Å². The molecule has 2 aromatic heterocycles. The molecule has 0 spiro atoms. The minimum absolute atomic E-state index is 0.183. The molecule has 2 atom stereocenters. The SMILES string of the molecule is OC(C1=C(c2cccs2)OCC1c1ccc(F)cc1F)c1cccnc1. The molecular formula is C20H15F2NO2S. The molecule has 6 heteroatoms. The van der Waals surface area contributed by atoms with Crippen molar-refractivity contribution < 1.29 is 18.6 Å². The maximum atomic E-state index is 14.4. The van der Waals surface area contributed by atoms with Gasteiger partial charge in [-0.25, -0.2) is 8.78 Å². The summed E-state index contributed by atoms with van der Waals surface area (Å²) in [5, 5.41) is 12.9. The first-order valence-electron chi connectivity index (χ1n) is 8.09. The van der Waals surface area contributed by atoms with E-state index in [-0.39, 0.29) is 6.61 Å². The number of aliphatic hydroxyl groups excluding tert-OH is 1. The molecule has 2 unspecified atom stereocenters. The lowest BCUT2D eigenvalue weighted by atomic mass is 9.86. The van der Waals surface area contributed by atoms with Gasteiger partial charge in [0.15, 0.2) is 0 Å². The predicted octanol–water partition coefficient (Wildman–Crippen LogP) is 4.68. The molecule has 26 heavy (non-hydrogen) atoms. The van der Waals surface area contributed by atoms with Gasteiger partial charge in [-0.2, -0.15) is 0 Å². The molecule has 0 radical (unpaired) electrons. The quantitative estimate of drug-likeness (QED) is 0.724. The normalized spacial score (nSPS) is 18.0. The highest BCUT2D eigenvalue weighted by molar-refractivity contribution is 7.11. The third kappa shape index (κ3) is 3.02. The van der Waals surface area contributed by atoms with Gasteiger partial charge < -0.3 is 9.84 Å². The minimum Gasteiger partial charge on any atom is -0.491 e. The van der Waals surface area contributed by atoms with Gasteiger partial charge in [0, 0.05) is 35.5 Å².